The van der Waals surface area contributed by atoms with E-state index >= 15 is 8.78 Å². The van der Waals surface area contributed by atoms with Crippen LogP contribution in [0.25, 0.3) is 10.8 Å². The molecule has 7 nitrogen and oxygen atoms in total. The molecule has 3 aromatic carbocycles. The molecular weight excluding hydrogens is 664 g/mol. The lowest BCUT2D eigenvalue weighted by molar-refractivity contribution is -0.157. The number of rotatable bonds is 9. The maximum atomic E-state index is 16.8. The summed E-state index contributed by atoms with van der Waals surface area (Å²) in [6.07, 6.45) is 6.81. The van der Waals surface area contributed by atoms with Crippen molar-refractivity contribution in [2.75, 3.05) is 0 Å². The van der Waals surface area contributed by atoms with Gasteiger partial charge in [-0.05, 0) is 112 Å². The van der Waals surface area contributed by atoms with Gasteiger partial charge >= 0.3 is 0 Å². The van der Waals surface area contributed by atoms with Crippen molar-refractivity contribution in [3.05, 3.63) is 70.7 Å². The molecule has 242 valence electrons. The molecule has 3 fully saturated rings. The second-order valence-electron chi connectivity index (χ2n) is 13.0. The van der Waals surface area contributed by atoms with Gasteiger partial charge in [0.1, 0.15) is 5.75 Å². The number of alkyl halides is 2. The van der Waals surface area contributed by atoms with Gasteiger partial charge in [0.05, 0.1) is 11.0 Å². The van der Waals surface area contributed by atoms with Crippen LogP contribution in [0.2, 0.25) is 0 Å². The third kappa shape index (κ3) is 6.25. The summed E-state index contributed by atoms with van der Waals surface area (Å²) < 4.78 is 70.0. The van der Waals surface area contributed by atoms with Crippen molar-refractivity contribution in [2.45, 2.75) is 112 Å². The molecule has 11 heteroatoms. The molecule has 2 heterocycles. The van der Waals surface area contributed by atoms with Crippen molar-refractivity contribution in [3.8, 4) is 5.75 Å². The van der Waals surface area contributed by atoms with Crippen LogP contribution in [-0.4, -0.2) is 59.8 Å². The van der Waals surface area contributed by atoms with E-state index in [1.54, 1.807) is 12.1 Å². The van der Waals surface area contributed by atoms with Crippen LogP contribution < -0.4 is 10.5 Å². The number of piperidine rings is 1. The van der Waals surface area contributed by atoms with E-state index in [2.05, 4.69) is 15.9 Å². The van der Waals surface area contributed by atoms with Gasteiger partial charge in [0.25, 0.3) is 5.92 Å². The van der Waals surface area contributed by atoms with Crippen LogP contribution in [0.15, 0.2) is 70.0 Å². The average Bonchev–Trinajstić information content (AvgIpc) is 3.60. The van der Waals surface area contributed by atoms with Crippen LogP contribution >= 0.6 is 15.9 Å². The first-order valence-electron chi connectivity index (χ1n) is 15.8. The Morgan fingerprint density at radius 1 is 0.956 bits per heavy atom. The summed E-state index contributed by atoms with van der Waals surface area (Å²) in [6.45, 7) is 3.06. The second kappa shape index (κ2) is 12.5. The van der Waals surface area contributed by atoms with Gasteiger partial charge in [-0.15, -0.1) is 0 Å². The number of halogens is 3. The van der Waals surface area contributed by atoms with Gasteiger partial charge in [0, 0.05) is 34.2 Å². The van der Waals surface area contributed by atoms with Crippen LogP contribution in [0, 0.1) is 0 Å². The fourth-order valence-corrected chi connectivity index (χ4v) is 9.52. The molecule has 1 aliphatic carbocycles. The number of benzene rings is 3. The number of carbonyl (C=O) groups is 1. The van der Waals surface area contributed by atoms with Crippen molar-refractivity contribution in [3.63, 3.8) is 0 Å². The topological polar surface area (TPSA) is 92.9 Å². The Bertz CT molecular complexity index is 1650. The van der Waals surface area contributed by atoms with E-state index in [0.29, 0.717) is 41.3 Å². The number of sulfonamides is 1. The van der Waals surface area contributed by atoms with Crippen molar-refractivity contribution in [2.24, 2.45) is 5.73 Å². The molecular formula is C34H40BrF2N3O4S. The molecule has 0 aromatic heterocycles. The van der Waals surface area contributed by atoms with Crippen LogP contribution in [0.5, 0.6) is 5.75 Å². The van der Waals surface area contributed by atoms with Gasteiger partial charge < -0.3 is 15.4 Å². The maximum absolute atomic E-state index is 16.8. The molecule has 1 amide bonds. The Morgan fingerprint density at radius 2 is 1.56 bits per heavy atom. The normalized spacial score (nSPS) is 23.3. The van der Waals surface area contributed by atoms with Gasteiger partial charge in [-0.2, -0.15) is 13.1 Å². The predicted octanol–water partition coefficient (Wildman–Crippen LogP) is 6.96. The van der Waals surface area contributed by atoms with E-state index in [1.807, 2.05) is 12.1 Å². The summed E-state index contributed by atoms with van der Waals surface area (Å²) in [7, 11) is -4.59. The van der Waals surface area contributed by atoms with Gasteiger partial charge in [-0.25, -0.2) is 8.42 Å². The van der Waals surface area contributed by atoms with Gasteiger partial charge in [0.15, 0.2) is 6.04 Å². The van der Waals surface area contributed by atoms with E-state index in [9.17, 15) is 13.2 Å². The lowest BCUT2D eigenvalue weighted by atomic mass is 9.94. The van der Waals surface area contributed by atoms with E-state index < -0.39 is 39.5 Å². The highest BCUT2D eigenvalue weighted by molar-refractivity contribution is 9.10. The Morgan fingerprint density at radius 3 is 2.18 bits per heavy atom. The molecule has 6 rings (SSSR count). The van der Waals surface area contributed by atoms with Crippen LogP contribution in [0.4, 0.5) is 8.78 Å². The minimum atomic E-state index is -4.59. The van der Waals surface area contributed by atoms with Crippen molar-refractivity contribution >= 4 is 42.6 Å². The van der Waals surface area contributed by atoms with Gasteiger partial charge in [0.2, 0.25) is 15.9 Å². The van der Waals surface area contributed by atoms with Gasteiger partial charge in [-0.1, -0.05) is 40.2 Å². The molecule has 3 aromatic rings. The monoisotopic (exact) mass is 703 g/mol. The first-order chi connectivity index (χ1) is 21.4. The Balaban J connectivity index is 1.41. The molecule has 45 heavy (non-hydrogen) atoms. The van der Waals surface area contributed by atoms with Crippen LogP contribution in [-0.2, 0) is 20.7 Å². The highest BCUT2D eigenvalue weighted by atomic mass is 79.9. The fourth-order valence-electron chi connectivity index (χ4n) is 7.44. The summed E-state index contributed by atoms with van der Waals surface area (Å²) in [5.74, 6) is -4.00. The van der Waals surface area contributed by atoms with E-state index in [1.165, 1.54) is 55.1 Å². The molecule has 2 N–H and O–H groups in total. The van der Waals surface area contributed by atoms with E-state index in [-0.39, 0.29) is 29.1 Å². The standard InChI is InChI=1S/C34H40BrF2N3O4S/c1-21(2)40(45(42,43)31-16-8-22-17-30(15-7-23(22)18-31)44-29-5-3-4-6-29)32(34(36,37)24-9-11-25(35)12-10-24)33(41)39-27-13-14-28(39)20-26(38)19-27/h7-12,15-18,21,26-29,32H,3-6,13-14,19-20,38H2,1-2H3/t26?,27?,28?,32-/m0/s1. The second-order valence-corrected chi connectivity index (χ2v) is 15.8. The molecule has 3 aliphatic rings. The quantitative estimate of drug-likeness (QED) is 0.260. The van der Waals surface area contributed by atoms with E-state index in [4.69, 9.17) is 10.5 Å². The summed E-state index contributed by atoms with van der Waals surface area (Å²) in [5.41, 5.74) is 5.80. The molecule has 2 unspecified atom stereocenters. The third-order valence-corrected chi connectivity index (χ3v) is 12.1. The molecule has 2 bridgehead atoms. The smallest absolute Gasteiger partial charge is 0.298 e. The molecule has 0 spiro atoms. The molecule has 3 atom stereocenters. The molecule has 0 radical (unpaired) electrons. The number of carbonyl (C=O) groups excluding carboxylic acids is 1. The zero-order valence-corrected chi connectivity index (χ0v) is 27.9. The molecule has 1 saturated carbocycles. The first-order valence-corrected chi connectivity index (χ1v) is 18.0. The summed E-state index contributed by atoms with van der Waals surface area (Å²) in [6, 6.07) is 11.5. The van der Waals surface area contributed by atoms with Gasteiger partial charge in [-0.3, -0.25) is 4.79 Å². The lowest BCUT2D eigenvalue weighted by Gasteiger charge is -2.44. The zero-order valence-electron chi connectivity index (χ0n) is 25.5. The molecule has 2 aliphatic heterocycles. The Labute approximate surface area is 272 Å². The van der Waals surface area contributed by atoms with Crippen molar-refractivity contribution in [1.82, 2.24) is 9.21 Å². The maximum Gasteiger partial charge on any atom is 0.298 e. The summed E-state index contributed by atoms with van der Waals surface area (Å²) in [5, 5.41) is 1.40. The summed E-state index contributed by atoms with van der Waals surface area (Å²) >= 11 is 3.28. The average molecular weight is 705 g/mol. The minimum absolute atomic E-state index is 0.122. The number of hydrogen-bond donors (Lipinski definition) is 1. The third-order valence-electron chi connectivity index (χ3n) is 9.56. The number of ether oxygens (including phenoxy) is 1. The Hall–Kier alpha value is -2.60. The fraction of sp³-hybridized carbons (Fsp3) is 0.500. The lowest BCUT2D eigenvalue weighted by Crippen LogP contribution is -2.63. The van der Waals surface area contributed by atoms with E-state index in [0.717, 1.165) is 35.4 Å². The van der Waals surface area contributed by atoms with Crippen LogP contribution in [0.3, 0.4) is 0 Å². The number of nitrogens with zero attached hydrogens (tertiary/aromatic N) is 2. The Kier molecular flexibility index (Phi) is 9.02. The first kappa shape index (κ1) is 32.3. The molecule has 2 saturated heterocycles. The predicted molar refractivity (Wildman–Crippen MR) is 174 cm³/mol. The number of nitrogens with two attached hydrogens (primary N) is 1. The highest BCUT2D eigenvalue weighted by Crippen LogP contribution is 2.43. The number of hydrogen-bond acceptors (Lipinski definition) is 5. The highest BCUT2D eigenvalue weighted by Gasteiger charge is 2.57. The SMILES string of the molecule is CC(C)N([C@@H](C(=O)N1C2CCC1CC(N)C2)C(F)(F)c1ccc(Br)cc1)S(=O)(=O)c1ccc2cc(OC3CCCC3)ccc2c1. The number of fused-ring (bicyclic) bond motifs is 3. The largest absolute Gasteiger partial charge is 0.490 e. The van der Waals surface area contributed by atoms with Crippen LogP contribution in [0.1, 0.15) is 70.8 Å². The van der Waals surface area contributed by atoms with Crippen molar-refractivity contribution in [1.29, 1.82) is 0 Å². The minimum Gasteiger partial charge on any atom is -0.490 e. The number of amides is 1. The zero-order chi connectivity index (χ0) is 32.1. The summed E-state index contributed by atoms with van der Waals surface area (Å²) in [4.78, 5) is 15.8. The van der Waals surface area contributed by atoms with Crippen molar-refractivity contribution < 1.29 is 26.7 Å².